The Hall–Kier alpha value is -0.830. The molecule has 11 heavy (non-hydrogen) atoms. The van der Waals surface area contributed by atoms with E-state index >= 15 is 0 Å². The minimum absolute atomic E-state index is 0.0390. The van der Waals surface area contributed by atoms with E-state index in [1.54, 1.807) is 28.7 Å². The second-order valence-corrected chi connectivity index (χ2v) is 3.06. The Kier molecular flexibility index (Phi) is 2.29. The van der Waals surface area contributed by atoms with Gasteiger partial charge in [0.1, 0.15) is 17.6 Å². The highest BCUT2D eigenvalue weighted by Gasteiger charge is 2.05. The molecule has 1 aromatic carbocycles. The third kappa shape index (κ3) is 1.60. The van der Waals surface area contributed by atoms with Gasteiger partial charge in [0.2, 0.25) is 0 Å². The normalized spacial score (nSPS) is 9.18. The van der Waals surface area contributed by atoms with Crippen LogP contribution in [0.4, 0.5) is 4.39 Å². The van der Waals surface area contributed by atoms with E-state index in [0.29, 0.717) is 3.57 Å². The summed E-state index contributed by atoms with van der Waals surface area (Å²) in [6, 6.07) is 3.90. The number of phenolic OH excluding ortho intramolecular Hbond substituents is 1. The molecule has 56 valence electrons. The van der Waals surface area contributed by atoms with E-state index in [4.69, 9.17) is 10.4 Å². The zero-order valence-electron chi connectivity index (χ0n) is 5.31. The SMILES string of the molecule is N#Cc1cc(F)c(I)cc1O. The topological polar surface area (TPSA) is 44.0 Å². The average Bonchev–Trinajstić information content (AvgIpc) is 1.97. The molecule has 0 heterocycles. The van der Waals surface area contributed by atoms with Gasteiger partial charge in [-0.25, -0.2) is 4.39 Å². The number of phenols is 1. The first kappa shape index (κ1) is 8.27. The van der Waals surface area contributed by atoms with Crippen LogP contribution in [0.1, 0.15) is 5.56 Å². The summed E-state index contributed by atoms with van der Waals surface area (Å²) in [6.45, 7) is 0. The van der Waals surface area contributed by atoms with Gasteiger partial charge in [-0.3, -0.25) is 0 Å². The van der Waals surface area contributed by atoms with Crippen molar-refractivity contribution in [3.05, 3.63) is 27.1 Å². The summed E-state index contributed by atoms with van der Waals surface area (Å²) in [5.41, 5.74) is -0.0390. The second-order valence-electron chi connectivity index (χ2n) is 1.90. The van der Waals surface area contributed by atoms with Crippen LogP contribution in [-0.4, -0.2) is 5.11 Å². The highest BCUT2D eigenvalue weighted by atomic mass is 127. The minimum Gasteiger partial charge on any atom is -0.507 e. The van der Waals surface area contributed by atoms with Crippen LogP contribution in [0, 0.1) is 20.7 Å². The van der Waals surface area contributed by atoms with Gasteiger partial charge in [0.25, 0.3) is 0 Å². The maximum Gasteiger partial charge on any atom is 0.138 e. The number of nitrogens with zero attached hydrogens (tertiary/aromatic N) is 1. The van der Waals surface area contributed by atoms with E-state index in [-0.39, 0.29) is 11.3 Å². The van der Waals surface area contributed by atoms with E-state index in [1.165, 1.54) is 6.07 Å². The molecule has 0 radical (unpaired) electrons. The van der Waals surface area contributed by atoms with Crippen molar-refractivity contribution in [2.24, 2.45) is 0 Å². The smallest absolute Gasteiger partial charge is 0.138 e. The first-order valence-electron chi connectivity index (χ1n) is 2.73. The van der Waals surface area contributed by atoms with Crippen LogP contribution in [0.2, 0.25) is 0 Å². The van der Waals surface area contributed by atoms with E-state index in [9.17, 15) is 4.39 Å². The molecule has 0 atom stereocenters. The third-order valence-electron chi connectivity index (χ3n) is 1.16. The lowest BCUT2D eigenvalue weighted by Gasteiger charge is -1.97. The molecule has 4 heteroatoms. The fraction of sp³-hybridized carbons (Fsp3) is 0. The summed E-state index contributed by atoms with van der Waals surface area (Å²) in [4.78, 5) is 0. The first-order chi connectivity index (χ1) is 5.15. The van der Waals surface area contributed by atoms with Crippen molar-refractivity contribution >= 4 is 22.6 Å². The molecular formula is C7H3FINO. The van der Waals surface area contributed by atoms with Crippen molar-refractivity contribution in [2.75, 3.05) is 0 Å². The highest BCUT2D eigenvalue weighted by molar-refractivity contribution is 14.1. The quantitative estimate of drug-likeness (QED) is 0.727. The molecule has 0 amide bonds. The zero-order chi connectivity index (χ0) is 8.43. The maximum atomic E-state index is 12.7. The Labute approximate surface area is 76.4 Å². The molecule has 2 nitrogen and oxygen atoms in total. The zero-order valence-corrected chi connectivity index (χ0v) is 7.46. The number of benzene rings is 1. The van der Waals surface area contributed by atoms with Crippen molar-refractivity contribution in [1.82, 2.24) is 0 Å². The number of aromatic hydroxyl groups is 1. The molecule has 0 bridgehead atoms. The largest absolute Gasteiger partial charge is 0.507 e. The van der Waals surface area contributed by atoms with Crippen LogP contribution in [0.5, 0.6) is 5.75 Å². The molecule has 1 rings (SSSR count). The summed E-state index contributed by atoms with van der Waals surface area (Å²) in [5.74, 6) is -0.668. The van der Waals surface area contributed by atoms with Gasteiger partial charge in [0, 0.05) is 0 Å². The predicted molar refractivity (Wildman–Crippen MR) is 45.5 cm³/mol. The minimum atomic E-state index is -0.486. The lowest BCUT2D eigenvalue weighted by atomic mass is 10.2. The fourth-order valence-electron chi connectivity index (χ4n) is 0.626. The van der Waals surface area contributed by atoms with Gasteiger partial charge >= 0.3 is 0 Å². The second kappa shape index (κ2) is 3.05. The number of rotatable bonds is 0. The molecule has 0 aliphatic carbocycles. The van der Waals surface area contributed by atoms with Crippen molar-refractivity contribution in [2.45, 2.75) is 0 Å². The van der Waals surface area contributed by atoms with Gasteiger partial charge in [0.15, 0.2) is 0 Å². The summed E-state index contributed by atoms with van der Waals surface area (Å²) in [6.07, 6.45) is 0. The highest BCUT2D eigenvalue weighted by Crippen LogP contribution is 2.21. The van der Waals surface area contributed by atoms with Crippen molar-refractivity contribution < 1.29 is 9.50 Å². The Morgan fingerprint density at radius 1 is 1.55 bits per heavy atom. The molecule has 0 spiro atoms. The molecule has 0 saturated heterocycles. The van der Waals surface area contributed by atoms with Crippen LogP contribution in [0.25, 0.3) is 0 Å². The van der Waals surface area contributed by atoms with Gasteiger partial charge < -0.3 is 5.11 Å². The Balaban J connectivity index is 3.35. The molecule has 0 fully saturated rings. The third-order valence-corrected chi connectivity index (χ3v) is 1.99. The lowest BCUT2D eigenvalue weighted by molar-refractivity contribution is 0.470. The van der Waals surface area contributed by atoms with Gasteiger partial charge in [0.05, 0.1) is 9.13 Å². The number of hydrogen-bond acceptors (Lipinski definition) is 2. The van der Waals surface area contributed by atoms with E-state index in [0.717, 1.165) is 6.07 Å². The predicted octanol–water partition coefficient (Wildman–Crippen LogP) is 2.01. The molecule has 0 aliphatic heterocycles. The van der Waals surface area contributed by atoms with Gasteiger partial charge in [-0.15, -0.1) is 0 Å². The van der Waals surface area contributed by atoms with Crippen molar-refractivity contribution in [3.8, 4) is 11.8 Å². The summed E-state index contributed by atoms with van der Waals surface area (Å²) in [5, 5.41) is 17.4. The van der Waals surface area contributed by atoms with Crippen LogP contribution in [-0.2, 0) is 0 Å². The Morgan fingerprint density at radius 2 is 2.18 bits per heavy atom. The van der Waals surface area contributed by atoms with Crippen molar-refractivity contribution in [3.63, 3.8) is 0 Å². The van der Waals surface area contributed by atoms with E-state index in [2.05, 4.69) is 0 Å². The molecule has 1 N–H and O–H groups in total. The average molecular weight is 263 g/mol. The van der Waals surface area contributed by atoms with E-state index < -0.39 is 5.82 Å². The van der Waals surface area contributed by atoms with Crippen LogP contribution in [0.15, 0.2) is 12.1 Å². The first-order valence-corrected chi connectivity index (χ1v) is 3.81. The maximum absolute atomic E-state index is 12.7. The fourth-order valence-corrected chi connectivity index (χ4v) is 1.08. The molecular weight excluding hydrogens is 260 g/mol. The standard InChI is InChI=1S/C7H3FINO/c8-5-1-4(3-10)7(11)2-6(5)9/h1-2,11H. The summed E-state index contributed by atoms with van der Waals surface area (Å²) in [7, 11) is 0. The van der Waals surface area contributed by atoms with Crippen molar-refractivity contribution in [1.29, 1.82) is 5.26 Å². The molecule has 0 aliphatic rings. The number of nitriles is 1. The van der Waals surface area contributed by atoms with Crippen LogP contribution in [0.3, 0.4) is 0 Å². The molecule has 0 saturated carbocycles. The van der Waals surface area contributed by atoms with Gasteiger partial charge in [-0.05, 0) is 34.7 Å². The monoisotopic (exact) mass is 263 g/mol. The van der Waals surface area contributed by atoms with Gasteiger partial charge in [-0.1, -0.05) is 0 Å². The molecule has 0 aromatic heterocycles. The summed E-state index contributed by atoms with van der Waals surface area (Å²) < 4.78 is 13.0. The van der Waals surface area contributed by atoms with Crippen LogP contribution < -0.4 is 0 Å². The molecule has 0 unspecified atom stereocenters. The number of halogens is 2. The molecule has 1 aromatic rings. The Bertz CT molecular complexity index is 332. The number of hydrogen-bond donors (Lipinski definition) is 1. The van der Waals surface area contributed by atoms with Crippen LogP contribution >= 0.6 is 22.6 Å². The van der Waals surface area contributed by atoms with E-state index in [1.807, 2.05) is 0 Å². The van der Waals surface area contributed by atoms with Gasteiger partial charge in [-0.2, -0.15) is 5.26 Å². The lowest BCUT2D eigenvalue weighted by Crippen LogP contribution is -1.84. The summed E-state index contributed by atoms with van der Waals surface area (Å²) >= 11 is 1.74. The Morgan fingerprint density at radius 3 is 2.73 bits per heavy atom.